The number of rotatable bonds is 5. The third-order valence-electron chi connectivity index (χ3n) is 4.26. The number of phenolic OH excluding ortho intramolecular Hbond substituents is 1. The van der Waals surface area contributed by atoms with Gasteiger partial charge in [0.05, 0.1) is 23.8 Å². The summed E-state index contributed by atoms with van der Waals surface area (Å²) in [5.41, 5.74) is 2.61. The lowest BCUT2D eigenvalue weighted by molar-refractivity contribution is -0.385. The minimum Gasteiger partial charge on any atom is -0.504 e. The fourth-order valence-corrected chi connectivity index (χ4v) is 2.82. The highest BCUT2D eigenvalue weighted by Gasteiger charge is 2.16. The van der Waals surface area contributed by atoms with E-state index in [4.69, 9.17) is 9.15 Å². The average Bonchev–Trinajstić information content (AvgIpc) is 3.17. The molecule has 8 nitrogen and oxygen atoms in total. The van der Waals surface area contributed by atoms with Gasteiger partial charge in [0.25, 0.3) is 5.69 Å². The number of benzene rings is 3. The molecule has 29 heavy (non-hydrogen) atoms. The number of methoxy groups -OCH3 is 1. The minimum atomic E-state index is -0.564. The van der Waals surface area contributed by atoms with E-state index < -0.39 is 4.92 Å². The fourth-order valence-electron chi connectivity index (χ4n) is 2.82. The van der Waals surface area contributed by atoms with Crippen LogP contribution in [0.1, 0.15) is 5.56 Å². The van der Waals surface area contributed by atoms with E-state index in [0.29, 0.717) is 22.7 Å². The summed E-state index contributed by atoms with van der Waals surface area (Å²) in [5.74, 6) is 0.277. The Morgan fingerprint density at radius 2 is 1.97 bits per heavy atom. The van der Waals surface area contributed by atoms with Crippen molar-refractivity contribution >= 4 is 28.7 Å². The van der Waals surface area contributed by atoms with Crippen molar-refractivity contribution < 1.29 is 19.2 Å². The molecule has 0 aliphatic carbocycles. The average molecular weight is 389 g/mol. The van der Waals surface area contributed by atoms with E-state index in [1.165, 1.54) is 19.4 Å². The molecule has 1 aromatic heterocycles. The second-order valence-corrected chi connectivity index (χ2v) is 6.14. The van der Waals surface area contributed by atoms with Crippen LogP contribution in [-0.4, -0.2) is 28.3 Å². The van der Waals surface area contributed by atoms with Crippen molar-refractivity contribution in [1.29, 1.82) is 0 Å². The van der Waals surface area contributed by atoms with E-state index in [2.05, 4.69) is 9.98 Å². The highest BCUT2D eigenvalue weighted by molar-refractivity contribution is 5.89. The van der Waals surface area contributed by atoms with Gasteiger partial charge < -0.3 is 14.3 Å². The lowest BCUT2D eigenvalue weighted by atomic mass is 10.1. The number of aromatic nitrogens is 1. The van der Waals surface area contributed by atoms with Gasteiger partial charge in [-0.1, -0.05) is 18.2 Å². The van der Waals surface area contributed by atoms with Crippen LogP contribution in [0.3, 0.4) is 0 Å². The summed E-state index contributed by atoms with van der Waals surface area (Å²) in [4.78, 5) is 19.3. The van der Waals surface area contributed by atoms with Crippen LogP contribution in [0.2, 0.25) is 0 Å². The molecule has 0 aliphatic heterocycles. The van der Waals surface area contributed by atoms with Crippen LogP contribution in [0.15, 0.2) is 70.1 Å². The first-order valence-electron chi connectivity index (χ1n) is 8.60. The Hall–Kier alpha value is -4.20. The van der Waals surface area contributed by atoms with E-state index in [0.717, 1.165) is 11.6 Å². The number of oxazole rings is 1. The topological polar surface area (TPSA) is 111 Å². The zero-order chi connectivity index (χ0) is 20.4. The predicted octanol–water partition coefficient (Wildman–Crippen LogP) is 4.87. The van der Waals surface area contributed by atoms with Gasteiger partial charge in [0.15, 0.2) is 17.1 Å². The van der Waals surface area contributed by atoms with Crippen molar-refractivity contribution in [1.82, 2.24) is 4.98 Å². The summed E-state index contributed by atoms with van der Waals surface area (Å²) < 4.78 is 10.8. The Balaban J connectivity index is 1.68. The largest absolute Gasteiger partial charge is 0.504 e. The maximum Gasteiger partial charge on any atom is 0.274 e. The number of hydrogen-bond acceptors (Lipinski definition) is 7. The summed E-state index contributed by atoms with van der Waals surface area (Å²) >= 11 is 0. The quantitative estimate of drug-likeness (QED) is 0.296. The van der Waals surface area contributed by atoms with Crippen LogP contribution in [0, 0.1) is 10.1 Å². The second kappa shape index (κ2) is 7.43. The molecule has 4 rings (SSSR count). The van der Waals surface area contributed by atoms with Crippen LogP contribution < -0.4 is 4.74 Å². The van der Waals surface area contributed by atoms with E-state index in [-0.39, 0.29) is 22.7 Å². The van der Waals surface area contributed by atoms with Gasteiger partial charge in [-0.15, -0.1) is 0 Å². The molecule has 4 aromatic rings. The molecule has 0 aliphatic rings. The summed E-state index contributed by atoms with van der Waals surface area (Å²) in [6.45, 7) is 0. The molecule has 0 unspecified atom stereocenters. The number of nitro groups is 1. The molecular weight excluding hydrogens is 374 g/mol. The number of nitro benzene ring substituents is 1. The van der Waals surface area contributed by atoms with Crippen LogP contribution >= 0.6 is 0 Å². The van der Waals surface area contributed by atoms with Crippen molar-refractivity contribution in [2.24, 2.45) is 4.99 Å². The van der Waals surface area contributed by atoms with Gasteiger partial charge in [0.1, 0.15) is 5.52 Å². The Bertz CT molecular complexity index is 1230. The van der Waals surface area contributed by atoms with Gasteiger partial charge in [-0.05, 0) is 30.3 Å². The Kier molecular flexibility index (Phi) is 4.66. The Morgan fingerprint density at radius 1 is 1.17 bits per heavy atom. The number of aromatic hydroxyl groups is 1. The molecule has 0 amide bonds. The summed E-state index contributed by atoms with van der Waals surface area (Å²) in [5, 5.41) is 21.3. The maximum atomic E-state index is 11.1. The molecular formula is C21H15N3O5. The maximum absolute atomic E-state index is 11.1. The van der Waals surface area contributed by atoms with Crippen LogP contribution in [-0.2, 0) is 0 Å². The van der Waals surface area contributed by atoms with Crippen molar-refractivity contribution in [3.63, 3.8) is 0 Å². The van der Waals surface area contributed by atoms with Gasteiger partial charge in [-0.3, -0.25) is 15.1 Å². The van der Waals surface area contributed by atoms with Crippen LogP contribution in [0.5, 0.6) is 11.5 Å². The zero-order valence-electron chi connectivity index (χ0n) is 15.3. The highest BCUT2D eigenvalue weighted by Crippen LogP contribution is 2.34. The molecule has 0 saturated heterocycles. The molecule has 3 aromatic carbocycles. The van der Waals surface area contributed by atoms with Gasteiger partial charge in [0, 0.05) is 23.4 Å². The third kappa shape index (κ3) is 3.63. The smallest absolute Gasteiger partial charge is 0.274 e. The molecule has 144 valence electrons. The number of nitrogens with zero attached hydrogens (tertiary/aromatic N) is 3. The molecule has 0 bridgehead atoms. The highest BCUT2D eigenvalue weighted by atomic mass is 16.6. The summed E-state index contributed by atoms with van der Waals surface area (Å²) in [7, 11) is 1.32. The first kappa shape index (κ1) is 18.2. The summed E-state index contributed by atoms with van der Waals surface area (Å²) in [6, 6.07) is 17.1. The molecule has 0 atom stereocenters. The molecule has 0 saturated carbocycles. The SMILES string of the molecule is COc1cc([N+](=O)[O-])cc(C=Nc2ccc3oc(-c4ccccc4)nc3c2)c1O. The number of fused-ring (bicyclic) bond motifs is 1. The Morgan fingerprint density at radius 3 is 2.69 bits per heavy atom. The zero-order valence-corrected chi connectivity index (χ0v) is 15.3. The van der Waals surface area contributed by atoms with Crippen molar-refractivity contribution in [3.05, 3.63) is 76.3 Å². The number of hydrogen-bond donors (Lipinski definition) is 1. The van der Waals surface area contributed by atoms with Crippen molar-refractivity contribution in [3.8, 4) is 23.0 Å². The molecule has 0 spiro atoms. The molecule has 1 heterocycles. The van der Waals surface area contributed by atoms with Crippen molar-refractivity contribution in [2.45, 2.75) is 0 Å². The second-order valence-electron chi connectivity index (χ2n) is 6.14. The normalized spacial score (nSPS) is 11.2. The van der Waals surface area contributed by atoms with E-state index in [1.54, 1.807) is 18.2 Å². The van der Waals surface area contributed by atoms with Crippen LogP contribution in [0.25, 0.3) is 22.6 Å². The lowest BCUT2D eigenvalue weighted by Crippen LogP contribution is -1.94. The first-order valence-corrected chi connectivity index (χ1v) is 8.60. The van der Waals surface area contributed by atoms with Gasteiger partial charge >= 0.3 is 0 Å². The van der Waals surface area contributed by atoms with Crippen LogP contribution in [0.4, 0.5) is 11.4 Å². The standard InChI is InChI=1S/C21H15N3O5/c1-28-19-11-16(24(26)27)9-14(20(19)25)12-22-15-7-8-18-17(10-15)23-21(29-18)13-5-3-2-4-6-13/h2-12,25H,1H3. The summed E-state index contributed by atoms with van der Waals surface area (Å²) in [6.07, 6.45) is 1.34. The van der Waals surface area contributed by atoms with E-state index >= 15 is 0 Å². The molecule has 0 fully saturated rings. The first-order chi connectivity index (χ1) is 14.0. The minimum absolute atomic E-state index is 0.0000984. The number of ether oxygens (including phenoxy) is 1. The Labute approximate surface area is 164 Å². The fraction of sp³-hybridized carbons (Fsp3) is 0.0476. The van der Waals surface area contributed by atoms with Gasteiger partial charge in [-0.2, -0.15) is 0 Å². The van der Waals surface area contributed by atoms with Crippen molar-refractivity contribution in [2.75, 3.05) is 7.11 Å². The molecule has 8 heteroatoms. The third-order valence-corrected chi connectivity index (χ3v) is 4.26. The van der Waals surface area contributed by atoms with Gasteiger partial charge in [-0.25, -0.2) is 4.98 Å². The van der Waals surface area contributed by atoms with E-state index in [9.17, 15) is 15.2 Å². The van der Waals surface area contributed by atoms with Gasteiger partial charge in [0.2, 0.25) is 5.89 Å². The number of aliphatic imine (C=N–C) groups is 1. The predicted molar refractivity (Wildman–Crippen MR) is 108 cm³/mol. The number of non-ortho nitro benzene ring substituents is 1. The molecule has 1 N–H and O–H groups in total. The number of phenols is 1. The lowest BCUT2D eigenvalue weighted by Gasteiger charge is -2.05. The molecule has 0 radical (unpaired) electrons. The monoisotopic (exact) mass is 389 g/mol. The van der Waals surface area contributed by atoms with E-state index in [1.807, 2.05) is 30.3 Å².